The molecule has 5 heteroatoms. The highest BCUT2D eigenvalue weighted by Crippen LogP contribution is 2.31. The number of hydrogen-bond acceptors (Lipinski definition) is 4. The standard InChI is InChI=1S/C10H14FN3O/c11-7-2-1-6(10(15)9(7)12)8-5-13-3-4-14-8/h1-2,8,13-15H,3-5,12H2/t8-/m1/s1. The number of phenolic OH excluding ortho intramolecular Hbond substituents is 1. The molecular formula is C10H14FN3O. The molecule has 15 heavy (non-hydrogen) atoms. The lowest BCUT2D eigenvalue weighted by Crippen LogP contribution is -2.42. The van der Waals surface area contributed by atoms with Gasteiger partial charge in [0.25, 0.3) is 0 Å². The van der Waals surface area contributed by atoms with Crippen LogP contribution in [-0.4, -0.2) is 24.7 Å². The SMILES string of the molecule is Nc1c(F)ccc([C@H]2CNCCN2)c1O. The third-order valence-electron chi connectivity index (χ3n) is 2.61. The number of nitrogens with two attached hydrogens (primary N) is 1. The van der Waals surface area contributed by atoms with Crippen LogP contribution >= 0.6 is 0 Å². The molecule has 4 nitrogen and oxygen atoms in total. The molecule has 1 aromatic rings. The Bertz CT molecular complexity index is 364. The summed E-state index contributed by atoms with van der Waals surface area (Å²) in [4.78, 5) is 0. The summed E-state index contributed by atoms with van der Waals surface area (Å²) in [7, 11) is 0. The van der Waals surface area contributed by atoms with Crippen molar-refractivity contribution in [2.45, 2.75) is 6.04 Å². The number of hydrogen-bond donors (Lipinski definition) is 4. The first-order chi connectivity index (χ1) is 7.20. The van der Waals surface area contributed by atoms with Crippen LogP contribution in [0.1, 0.15) is 11.6 Å². The molecule has 1 aromatic carbocycles. The zero-order chi connectivity index (χ0) is 10.8. The Hall–Kier alpha value is -1.33. The molecule has 0 amide bonds. The third kappa shape index (κ3) is 1.88. The molecule has 0 saturated carbocycles. The molecule has 1 fully saturated rings. The summed E-state index contributed by atoms with van der Waals surface area (Å²) in [6, 6.07) is 2.83. The molecular weight excluding hydrogens is 197 g/mol. The van der Waals surface area contributed by atoms with Gasteiger partial charge in [-0.1, -0.05) is 6.07 Å². The van der Waals surface area contributed by atoms with Gasteiger partial charge in [0, 0.05) is 31.2 Å². The molecule has 0 bridgehead atoms. The van der Waals surface area contributed by atoms with Crippen LogP contribution in [-0.2, 0) is 0 Å². The van der Waals surface area contributed by atoms with Crippen molar-refractivity contribution in [3.05, 3.63) is 23.5 Å². The Morgan fingerprint density at radius 1 is 1.40 bits per heavy atom. The number of piperazine rings is 1. The van der Waals surface area contributed by atoms with E-state index >= 15 is 0 Å². The number of aromatic hydroxyl groups is 1. The van der Waals surface area contributed by atoms with Gasteiger partial charge in [-0.25, -0.2) is 4.39 Å². The lowest BCUT2D eigenvalue weighted by atomic mass is 10.0. The number of rotatable bonds is 1. The zero-order valence-corrected chi connectivity index (χ0v) is 8.26. The Morgan fingerprint density at radius 3 is 2.87 bits per heavy atom. The molecule has 1 saturated heterocycles. The van der Waals surface area contributed by atoms with Crippen molar-refractivity contribution in [2.75, 3.05) is 25.4 Å². The maximum atomic E-state index is 13.0. The van der Waals surface area contributed by atoms with Gasteiger partial charge < -0.3 is 21.5 Å². The Labute approximate surface area is 87.3 Å². The second-order valence-corrected chi connectivity index (χ2v) is 3.61. The van der Waals surface area contributed by atoms with E-state index in [9.17, 15) is 9.50 Å². The Balaban J connectivity index is 2.31. The first-order valence-electron chi connectivity index (χ1n) is 4.91. The minimum Gasteiger partial charge on any atom is -0.505 e. The molecule has 1 heterocycles. The van der Waals surface area contributed by atoms with Gasteiger partial charge in [0.2, 0.25) is 0 Å². The molecule has 1 aliphatic rings. The van der Waals surface area contributed by atoms with Crippen LogP contribution in [0.2, 0.25) is 0 Å². The summed E-state index contributed by atoms with van der Waals surface area (Å²) in [5, 5.41) is 16.1. The Kier molecular flexibility index (Phi) is 2.75. The average Bonchev–Trinajstić information content (AvgIpc) is 2.27. The number of anilines is 1. The summed E-state index contributed by atoms with van der Waals surface area (Å²) < 4.78 is 13.0. The van der Waals surface area contributed by atoms with Crippen molar-refractivity contribution >= 4 is 5.69 Å². The highest BCUT2D eigenvalue weighted by atomic mass is 19.1. The summed E-state index contributed by atoms with van der Waals surface area (Å²) in [5.41, 5.74) is 5.88. The highest BCUT2D eigenvalue weighted by Gasteiger charge is 2.20. The molecule has 1 atom stereocenters. The molecule has 1 aliphatic heterocycles. The first kappa shape index (κ1) is 10.2. The van der Waals surface area contributed by atoms with Crippen LogP contribution in [0.5, 0.6) is 5.75 Å². The van der Waals surface area contributed by atoms with E-state index in [1.54, 1.807) is 6.07 Å². The van der Waals surface area contributed by atoms with Crippen molar-refractivity contribution in [1.29, 1.82) is 0 Å². The van der Waals surface area contributed by atoms with Crippen LogP contribution in [0, 0.1) is 5.82 Å². The number of benzene rings is 1. The predicted octanol–water partition coefficient (Wildman–Crippen LogP) is 0.347. The minimum absolute atomic E-state index is 0.0124. The van der Waals surface area contributed by atoms with Gasteiger partial charge in [-0.3, -0.25) is 0 Å². The van der Waals surface area contributed by atoms with E-state index in [1.807, 2.05) is 0 Å². The molecule has 0 radical (unpaired) electrons. The predicted molar refractivity (Wildman–Crippen MR) is 56.1 cm³/mol. The number of phenols is 1. The molecule has 82 valence electrons. The van der Waals surface area contributed by atoms with E-state index in [4.69, 9.17) is 5.73 Å². The van der Waals surface area contributed by atoms with Crippen LogP contribution in [0.4, 0.5) is 10.1 Å². The summed E-state index contributed by atoms with van der Waals surface area (Å²) in [5.74, 6) is -0.740. The topological polar surface area (TPSA) is 70.3 Å². The summed E-state index contributed by atoms with van der Waals surface area (Å²) in [6.45, 7) is 2.42. The lowest BCUT2D eigenvalue weighted by molar-refractivity contribution is 0.404. The lowest BCUT2D eigenvalue weighted by Gasteiger charge is -2.25. The monoisotopic (exact) mass is 211 g/mol. The first-order valence-corrected chi connectivity index (χ1v) is 4.91. The van der Waals surface area contributed by atoms with Crippen LogP contribution in [0.25, 0.3) is 0 Å². The second kappa shape index (κ2) is 4.04. The van der Waals surface area contributed by atoms with Crippen LogP contribution in [0.15, 0.2) is 12.1 Å². The van der Waals surface area contributed by atoms with Crippen LogP contribution in [0.3, 0.4) is 0 Å². The highest BCUT2D eigenvalue weighted by molar-refractivity contribution is 5.57. The third-order valence-corrected chi connectivity index (χ3v) is 2.61. The van der Waals surface area contributed by atoms with Gasteiger partial charge in [0.1, 0.15) is 17.3 Å². The molecule has 0 unspecified atom stereocenters. The van der Waals surface area contributed by atoms with Gasteiger partial charge in [-0.2, -0.15) is 0 Å². The van der Waals surface area contributed by atoms with Gasteiger partial charge in [-0.15, -0.1) is 0 Å². The molecule has 0 aromatic heterocycles. The normalized spacial score (nSPS) is 21.5. The van der Waals surface area contributed by atoms with Crippen molar-refractivity contribution in [3.63, 3.8) is 0 Å². The van der Waals surface area contributed by atoms with Gasteiger partial charge in [-0.05, 0) is 6.07 Å². The smallest absolute Gasteiger partial charge is 0.149 e. The second-order valence-electron chi connectivity index (χ2n) is 3.61. The van der Waals surface area contributed by atoms with E-state index < -0.39 is 5.82 Å². The van der Waals surface area contributed by atoms with Gasteiger partial charge in [0.15, 0.2) is 0 Å². The van der Waals surface area contributed by atoms with E-state index in [1.165, 1.54) is 6.07 Å². The van der Waals surface area contributed by atoms with Crippen molar-refractivity contribution in [2.24, 2.45) is 0 Å². The van der Waals surface area contributed by atoms with Crippen LogP contribution < -0.4 is 16.4 Å². The maximum Gasteiger partial charge on any atom is 0.149 e. The fourth-order valence-electron chi connectivity index (χ4n) is 1.75. The molecule has 0 aliphatic carbocycles. The number of nitrogens with one attached hydrogen (secondary N) is 2. The maximum absolute atomic E-state index is 13.0. The van der Waals surface area contributed by atoms with E-state index in [0.717, 1.165) is 13.1 Å². The summed E-state index contributed by atoms with van der Waals surface area (Å²) in [6.07, 6.45) is 0. The number of halogens is 1. The Morgan fingerprint density at radius 2 is 2.20 bits per heavy atom. The van der Waals surface area contributed by atoms with Crippen molar-refractivity contribution in [1.82, 2.24) is 10.6 Å². The van der Waals surface area contributed by atoms with Gasteiger partial charge in [0.05, 0.1) is 0 Å². The van der Waals surface area contributed by atoms with E-state index in [-0.39, 0.29) is 17.5 Å². The zero-order valence-electron chi connectivity index (χ0n) is 8.26. The fraction of sp³-hybridized carbons (Fsp3) is 0.400. The van der Waals surface area contributed by atoms with Crippen molar-refractivity contribution < 1.29 is 9.50 Å². The van der Waals surface area contributed by atoms with E-state index in [2.05, 4.69) is 10.6 Å². The summed E-state index contributed by atoms with van der Waals surface area (Å²) >= 11 is 0. The van der Waals surface area contributed by atoms with E-state index in [0.29, 0.717) is 12.1 Å². The largest absolute Gasteiger partial charge is 0.505 e. The number of nitrogen functional groups attached to an aromatic ring is 1. The molecule has 0 spiro atoms. The fourth-order valence-corrected chi connectivity index (χ4v) is 1.75. The molecule has 2 rings (SSSR count). The quantitative estimate of drug-likeness (QED) is 0.399. The minimum atomic E-state index is -0.583. The molecule has 5 N–H and O–H groups in total. The van der Waals surface area contributed by atoms with Gasteiger partial charge >= 0.3 is 0 Å². The average molecular weight is 211 g/mol. The van der Waals surface area contributed by atoms with Crippen molar-refractivity contribution in [3.8, 4) is 5.75 Å².